The van der Waals surface area contributed by atoms with Crippen molar-refractivity contribution in [2.24, 2.45) is 5.73 Å². The summed E-state index contributed by atoms with van der Waals surface area (Å²) in [4.78, 5) is 4.54. The maximum absolute atomic E-state index is 6.02. The molecule has 4 nitrogen and oxygen atoms in total. The minimum atomic E-state index is -0.141. The molecule has 0 unspecified atom stereocenters. The van der Waals surface area contributed by atoms with E-state index in [4.69, 9.17) is 10.3 Å². The van der Waals surface area contributed by atoms with E-state index in [0.29, 0.717) is 5.89 Å². The Labute approximate surface area is 113 Å². The third-order valence-electron chi connectivity index (χ3n) is 3.86. The van der Waals surface area contributed by atoms with Crippen LogP contribution in [0.5, 0.6) is 0 Å². The molecule has 1 fully saturated rings. The molecule has 3 rings (SSSR count). The van der Waals surface area contributed by atoms with Gasteiger partial charge in [-0.15, -0.1) is 0 Å². The van der Waals surface area contributed by atoms with E-state index in [9.17, 15) is 0 Å². The molecule has 1 heterocycles. The number of aromatic nitrogens is 2. The molecule has 0 amide bonds. The fraction of sp³-hybridized carbons (Fsp3) is 0.467. The van der Waals surface area contributed by atoms with Crippen LogP contribution in [-0.4, -0.2) is 10.1 Å². The summed E-state index contributed by atoms with van der Waals surface area (Å²) < 4.78 is 5.34. The van der Waals surface area contributed by atoms with Gasteiger partial charge in [-0.1, -0.05) is 48.8 Å². The number of hydrogen-bond acceptors (Lipinski definition) is 4. The molecule has 0 radical (unpaired) electrons. The maximum Gasteiger partial charge on any atom is 0.243 e. The molecule has 1 aliphatic rings. The van der Waals surface area contributed by atoms with Crippen molar-refractivity contribution in [3.63, 3.8) is 0 Å². The zero-order valence-electron chi connectivity index (χ0n) is 11.2. The molecule has 1 saturated carbocycles. The Morgan fingerprint density at radius 3 is 2.68 bits per heavy atom. The summed E-state index contributed by atoms with van der Waals surface area (Å²) in [5.41, 5.74) is 7.26. The van der Waals surface area contributed by atoms with Crippen molar-refractivity contribution in [3.8, 4) is 0 Å². The SMILES string of the molecule is CCC[C@H](N)c1nc(C2(c3ccccc3)CC2)no1. The van der Waals surface area contributed by atoms with E-state index in [-0.39, 0.29) is 11.5 Å². The second kappa shape index (κ2) is 4.78. The summed E-state index contributed by atoms with van der Waals surface area (Å²) in [5.74, 6) is 1.36. The molecule has 0 aliphatic heterocycles. The second-order valence-electron chi connectivity index (χ2n) is 5.30. The lowest BCUT2D eigenvalue weighted by molar-refractivity contribution is 0.342. The lowest BCUT2D eigenvalue weighted by atomic mass is 9.95. The van der Waals surface area contributed by atoms with Crippen molar-refractivity contribution in [3.05, 3.63) is 47.6 Å². The Kier molecular flexibility index (Phi) is 3.11. The Balaban J connectivity index is 1.87. The molecule has 1 aromatic carbocycles. The summed E-state index contributed by atoms with van der Waals surface area (Å²) in [7, 11) is 0. The van der Waals surface area contributed by atoms with Crippen LogP contribution in [0.2, 0.25) is 0 Å². The molecule has 1 aromatic heterocycles. The zero-order chi connectivity index (χ0) is 13.3. The van der Waals surface area contributed by atoms with Crippen LogP contribution >= 0.6 is 0 Å². The predicted molar refractivity (Wildman–Crippen MR) is 72.6 cm³/mol. The van der Waals surface area contributed by atoms with Crippen molar-refractivity contribution >= 4 is 0 Å². The van der Waals surface area contributed by atoms with Gasteiger partial charge >= 0.3 is 0 Å². The molecule has 0 spiro atoms. The number of benzene rings is 1. The van der Waals surface area contributed by atoms with Crippen LogP contribution in [-0.2, 0) is 5.41 Å². The van der Waals surface area contributed by atoms with E-state index < -0.39 is 0 Å². The van der Waals surface area contributed by atoms with Gasteiger partial charge in [0.1, 0.15) is 0 Å². The van der Waals surface area contributed by atoms with E-state index in [2.05, 4.69) is 41.3 Å². The van der Waals surface area contributed by atoms with E-state index in [1.165, 1.54) is 5.56 Å². The van der Waals surface area contributed by atoms with Gasteiger partial charge in [-0.25, -0.2) is 0 Å². The highest BCUT2D eigenvalue weighted by Gasteiger charge is 2.50. The molecule has 100 valence electrons. The van der Waals surface area contributed by atoms with Crippen molar-refractivity contribution < 1.29 is 4.52 Å². The Bertz CT molecular complexity index is 546. The van der Waals surface area contributed by atoms with Gasteiger partial charge in [0.15, 0.2) is 5.82 Å². The van der Waals surface area contributed by atoms with Gasteiger partial charge in [-0.05, 0) is 24.8 Å². The smallest absolute Gasteiger partial charge is 0.243 e. The van der Waals surface area contributed by atoms with Crippen LogP contribution in [0, 0.1) is 0 Å². The molecule has 2 N–H and O–H groups in total. The van der Waals surface area contributed by atoms with Gasteiger partial charge in [-0.2, -0.15) is 4.98 Å². The highest BCUT2D eigenvalue weighted by molar-refractivity contribution is 5.38. The maximum atomic E-state index is 6.02. The van der Waals surface area contributed by atoms with Crippen LogP contribution in [0.25, 0.3) is 0 Å². The van der Waals surface area contributed by atoms with E-state index in [1.807, 2.05) is 6.07 Å². The van der Waals surface area contributed by atoms with Crippen LogP contribution in [0.3, 0.4) is 0 Å². The van der Waals surface area contributed by atoms with Crippen molar-refractivity contribution in [2.45, 2.75) is 44.1 Å². The average molecular weight is 257 g/mol. The van der Waals surface area contributed by atoms with Gasteiger partial charge in [0.05, 0.1) is 11.5 Å². The average Bonchev–Trinajstić information content (AvgIpc) is 3.10. The molecular formula is C15H19N3O. The zero-order valence-corrected chi connectivity index (χ0v) is 11.2. The predicted octanol–water partition coefficient (Wildman–Crippen LogP) is 2.95. The first-order valence-corrected chi connectivity index (χ1v) is 6.91. The van der Waals surface area contributed by atoms with Crippen molar-refractivity contribution in [2.75, 3.05) is 0 Å². The largest absolute Gasteiger partial charge is 0.338 e. The van der Waals surface area contributed by atoms with Gasteiger partial charge < -0.3 is 10.3 Å². The summed E-state index contributed by atoms with van der Waals surface area (Å²) in [6.45, 7) is 2.10. The topological polar surface area (TPSA) is 64.9 Å². The molecule has 0 saturated heterocycles. The van der Waals surface area contributed by atoms with Gasteiger partial charge in [0.25, 0.3) is 0 Å². The molecule has 4 heteroatoms. The number of nitrogens with zero attached hydrogens (tertiary/aromatic N) is 2. The molecule has 19 heavy (non-hydrogen) atoms. The van der Waals surface area contributed by atoms with Crippen LogP contribution in [0.15, 0.2) is 34.9 Å². The number of rotatable bonds is 5. The molecule has 2 aromatic rings. The molecule has 1 aliphatic carbocycles. The fourth-order valence-electron chi connectivity index (χ4n) is 2.54. The van der Waals surface area contributed by atoms with Crippen LogP contribution < -0.4 is 5.73 Å². The fourth-order valence-corrected chi connectivity index (χ4v) is 2.54. The first-order chi connectivity index (χ1) is 9.26. The standard InChI is InChI=1S/C15H19N3O/c1-2-6-12(16)13-17-14(18-19-13)15(9-10-15)11-7-4-3-5-8-11/h3-5,7-8,12H,2,6,9-10,16H2,1H3/t12-/m0/s1. The van der Waals surface area contributed by atoms with Crippen molar-refractivity contribution in [1.82, 2.24) is 10.1 Å². The van der Waals surface area contributed by atoms with Gasteiger partial charge in [-0.3, -0.25) is 0 Å². The van der Waals surface area contributed by atoms with E-state index in [0.717, 1.165) is 31.5 Å². The molecular weight excluding hydrogens is 238 g/mol. The van der Waals surface area contributed by atoms with Crippen molar-refractivity contribution in [1.29, 1.82) is 0 Å². The van der Waals surface area contributed by atoms with Gasteiger partial charge in [0.2, 0.25) is 5.89 Å². The first-order valence-electron chi connectivity index (χ1n) is 6.91. The Morgan fingerprint density at radius 1 is 1.32 bits per heavy atom. The van der Waals surface area contributed by atoms with E-state index >= 15 is 0 Å². The highest BCUT2D eigenvalue weighted by atomic mass is 16.5. The summed E-state index contributed by atoms with van der Waals surface area (Å²) in [6.07, 6.45) is 4.06. The minimum absolute atomic E-state index is 0.0328. The first kappa shape index (κ1) is 12.4. The van der Waals surface area contributed by atoms with Crippen LogP contribution in [0.4, 0.5) is 0 Å². The second-order valence-corrected chi connectivity index (χ2v) is 5.30. The summed E-state index contributed by atoms with van der Waals surface area (Å²) in [6, 6.07) is 10.3. The van der Waals surface area contributed by atoms with Crippen LogP contribution in [0.1, 0.15) is 55.9 Å². The summed E-state index contributed by atoms with van der Waals surface area (Å²) >= 11 is 0. The lowest BCUT2D eigenvalue weighted by Crippen LogP contribution is -2.13. The molecule has 0 bridgehead atoms. The third-order valence-corrected chi connectivity index (χ3v) is 3.86. The monoisotopic (exact) mass is 257 g/mol. The Morgan fingerprint density at radius 2 is 2.05 bits per heavy atom. The quantitative estimate of drug-likeness (QED) is 0.894. The summed E-state index contributed by atoms with van der Waals surface area (Å²) in [5, 5.41) is 4.16. The minimum Gasteiger partial charge on any atom is -0.338 e. The normalized spacial score (nSPS) is 18.2. The number of hydrogen-bond donors (Lipinski definition) is 1. The van der Waals surface area contributed by atoms with Gasteiger partial charge in [0, 0.05) is 0 Å². The van der Waals surface area contributed by atoms with E-state index in [1.54, 1.807) is 0 Å². The Hall–Kier alpha value is -1.68. The lowest BCUT2D eigenvalue weighted by Gasteiger charge is -2.10. The third kappa shape index (κ3) is 2.16. The number of nitrogens with two attached hydrogens (primary N) is 1. The highest BCUT2D eigenvalue weighted by Crippen LogP contribution is 2.52. The molecule has 1 atom stereocenters.